The number of likely N-dealkylation sites (N-methyl/N-ethyl adjacent to an activating group) is 2. The van der Waals surface area contributed by atoms with Crippen molar-refractivity contribution in [3.05, 3.63) is 76.9 Å². The molecule has 3 nitrogen and oxygen atoms in total. The number of benzene rings is 2. The smallest absolute Gasteiger partial charge is 0.239 e. The number of fused-ring (bicyclic) bond motifs is 2. The van der Waals surface area contributed by atoms with Crippen LogP contribution in [0.5, 0.6) is 0 Å². The van der Waals surface area contributed by atoms with Gasteiger partial charge in [-0.3, -0.25) is 4.79 Å². The summed E-state index contributed by atoms with van der Waals surface area (Å²) in [6.45, 7) is 5.00. The van der Waals surface area contributed by atoms with E-state index in [2.05, 4.69) is 85.9 Å². The molecule has 2 aromatic rings. The van der Waals surface area contributed by atoms with E-state index in [4.69, 9.17) is 0 Å². The van der Waals surface area contributed by atoms with E-state index in [1.54, 1.807) is 0 Å². The van der Waals surface area contributed by atoms with E-state index in [9.17, 15) is 4.79 Å². The number of carbonyl (C=O) groups excluding carboxylic acids is 1. The molecule has 1 aliphatic carbocycles. The fourth-order valence-electron chi connectivity index (χ4n) is 3.91. The van der Waals surface area contributed by atoms with E-state index in [1.807, 2.05) is 19.0 Å². The van der Waals surface area contributed by atoms with E-state index in [-0.39, 0.29) is 11.9 Å². The second-order valence-electron chi connectivity index (χ2n) is 8.14. The van der Waals surface area contributed by atoms with Crippen LogP contribution in [0, 0.1) is 5.92 Å². The molecule has 1 unspecified atom stereocenters. The quantitative estimate of drug-likeness (QED) is 0.612. The molecule has 0 spiro atoms. The Balaban J connectivity index is 1.80. The lowest BCUT2D eigenvalue weighted by atomic mass is 9.93. The lowest BCUT2D eigenvalue weighted by Gasteiger charge is -2.24. The van der Waals surface area contributed by atoms with Crippen molar-refractivity contribution in [2.24, 2.45) is 5.92 Å². The van der Waals surface area contributed by atoms with Gasteiger partial charge in [0.15, 0.2) is 0 Å². The summed E-state index contributed by atoms with van der Waals surface area (Å²) >= 11 is 0. The Bertz CT molecular complexity index is 859. The van der Waals surface area contributed by atoms with Crippen molar-refractivity contribution in [1.29, 1.82) is 0 Å². The molecule has 0 bridgehead atoms. The summed E-state index contributed by atoms with van der Waals surface area (Å²) in [5.41, 5.74) is 6.19. The van der Waals surface area contributed by atoms with Gasteiger partial charge in [0.25, 0.3) is 0 Å². The standard InChI is InChI=1S/C26H32N2O/c1-19(2)18-25(27-3)26(29)28(4)17-9-14-24-22-12-7-5-10-20(22)15-16-21-11-6-8-13-23(21)24/h5-8,10-16,19,25,27H,9,17-18H2,1-4H3. The molecule has 1 aliphatic rings. The van der Waals surface area contributed by atoms with Gasteiger partial charge < -0.3 is 10.2 Å². The molecule has 2 aromatic carbocycles. The van der Waals surface area contributed by atoms with Crippen LogP contribution in [0.2, 0.25) is 0 Å². The molecule has 0 aliphatic heterocycles. The zero-order valence-electron chi connectivity index (χ0n) is 18.0. The topological polar surface area (TPSA) is 32.3 Å². The Morgan fingerprint density at radius 3 is 2.07 bits per heavy atom. The van der Waals surface area contributed by atoms with Crippen LogP contribution in [0.15, 0.2) is 54.6 Å². The van der Waals surface area contributed by atoms with Gasteiger partial charge in [0.1, 0.15) is 0 Å². The zero-order chi connectivity index (χ0) is 20.8. The highest BCUT2D eigenvalue weighted by Crippen LogP contribution is 2.33. The van der Waals surface area contributed by atoms with Crippen LogP contribution in [0.3, 0.4) is 0 Å². The second kappa shape index (κ2) is 9.71. The van der Waals surface area contributed by atoms with Crippen LogP contribution in [0.1, 0.15) is 48.9 Å². The molecule has 152 valence electrons. The molecule has 0 saturated carbocycles. The van der Waals surface area contributed by atoms with Crippen LogP contribution in [0.25, 0.3) is 17.7 Å². The minimum absolute atomic E-state index is 0.115. The molecule has 1 N–H and O–H groups in total. The largest absolute Gasteiger partial charge is 0.344 e. The van der Waals surface area contributed by atoms with Crippen molar-refractivity contribution < 1.29 is 4.79 Å². The molecular weight excluding hydrogens is 356 g/mol. The van der Waals surface area contributed by atoms with Crippen molar-refractivity contribution in [3.8, 4) is 0 Å². The van der Waals surface area contributed by atoms with E-state index < -0.39 is 0 Å². The average Bonchev–Trinajstić information content (AvgIpc) is 2.88. The zero-order valence-corrected chi connectivity index (χ0v) is 18.0. The first-order chi connectivity index (χ1) is 14.0. The monoisotopic (exact) mass is 388 g/mol. The van der Waals surface area contributed by atoms with E-state index in [0.717, 1.165) is 12.8 Å². The van der Waals surface area contributed by atoms with Gasteiger partial charge >= 0.3 is 0 Å². The summed E-state index contributed by atoms with van der Waals surface area (Å²) in [6.07, 6.45) is 8.33. The fourth-order valence-corrected chi connectivity index (χ4v) is 3.91. The van der Waals surface area contributed by atoms with Crippen molar-refractivity contribution in [2.45, 2.75) is 32.7 Å². The Labute approximate surface area is 175 Å². The van der Waals surface area contributed by atoms with E-state index in [1.165, 1.54) is 27.8 Å². The summed E-state index contributed by atoms with van der Waals surface area (Å²) in [6, 6.07) is 16.9. The Morgan fingerprint density at radius 2 is 1.55 bits per heavy atom. The highest BCUT2D eigenvalue weighted by molar-refractivity contribution is 5.93. The number of hydrogen-bond donors (Lipinski definition) is 1. The molecule has 0 saturated heterocycles. The summed E-state index contributed by atoms with van der Waals surface area (Å²) in [4.78, 5) is 14.6. The van der Waals surface area contributed by atoms with Gasteiger partial charge in [0.05, 0.1) is 6.04 Å². The maximum atomic E-state index is 12.8. The highest BCUT2D eigenvalue weighted by Gasteiger charge is 2.21. The molecule has 1 amide bonds. The van der Waals surface area contributed by atoms with Crippen molar-refractivity contribution in [1.82, 2.24) is 10.2 Å². The first-order valence-electron chi connectivity index (χ1n) is 10.5. The molecule has 0 aromatic heterocycles. The van der Waals surface area contributed by atoms with Gasteiger partial charge in [-0.25, -0.2) is 0 Å². The van der Waals surface area contributed by atoms with E-state index >= 15 is 0 Å². The van der Waals surface area contributed by atoms with Gasteiger partial charge in [-0.2, -0.15) is 0 Å². The lowest BCUT2D eigenvalue weighted by molar-refractivity contribution is -0.132. The Hall–Kier alpha value is -2.65. The third-order valence-corrected chi connectivity index (χ3v) is 5.49. The maximum absolute atomic E-state index is 12.8. The third kappa shape index (κ3) is 5.04. The van der Waals surface area contributed by atoms with Crippen molar-refractivity contribution in [3.63, 3.8) is 0 Å². The van der Waals surface area contributed by atoms with Gasteiger partial charge in [-0.05, 0) is 53.6 Å². The number of amides is 1. The predicted molar refractivity (Wildman–Crippen MR) is 123 cm³/mol. The van der Waals surface area contributed by atoms with Crippen LogP contribution >= 0.6 is 0 Å². The van der Waals surface area contributed by atoms with Crippen molar-refractivity contribution >= 4 is 23.6 Å². The molecule has 0 radical (unpaired) electrons. The van der Waals surface area contributed by atoms with Crippen LogP contribution in [0.4, 0.5) is 0 Å². The predicted octanol–water partition coefficient (Wildman–Crippen LogP) is 5.08. The first-order valence-corrected chi connectivity index (χ1v) is 10.5. The first kappa shape index (κ1) is 21.1. The lowest BCUT2D eigenvalue weighted by Crippen LogP contribution is -2.44. The number of nitrogens with zero attached hydrogens (tertiary/aromatic N) is 1. The van der Waals surface area contributed by atoms with Gasteiger partial charge in [-0.1, -0.05) is 80.6 Å². The summed E-state index contributed by atoms with van der Waals surface area (Å²) < 4.78 is 0. The molecule has 0 fully saturated rings. The molecule has 29 heavy (non-hydrogen) atoms. The number of carbonyl (C=O) groups is 1. The Morgan fingerprint density at radius 1 is 1.00 bits per heavy atom. The molecule has 0 heterocycles. The number of nitrogens with one attached hydrogen (secondary N) is 1. The molecular formula is C26H32N2O. The Kier molecular flexibility index (Phi) is 7.05. The molecule has 3 heteroatoms. The number of hydrogen-bond acceptors (Lipinski definition) is 2. The normalized spacial score (nSPS) is 13.5. The molecule has 3 rings (SSSR count). The summed E-state index contributed by atoms with van der Waals surface area (Å²) in [7, 11) is 3.77. The molecule has 1 atom stereocenters. The van der Waals surface area contributed by atoms with Crippen LogP contribution < -0.4 is 5.32 Å². The minimum atomic E-state index is -0.115. The number of rotatable bonds is 7. The van der Waals surface area contributed by atoms with Gasteiger partial charge in [-0.15, -0.1) is 0 Å². The van der Waals surface area contributed by atoms with Crippen LogP contribution in [-0.4, -0.2) is 37.5 Å². The summed E-state index contributed by atoms with van der Waals surface area (Å²) in [5, 5.41) is 3.17. The van der Waals surface area contributed by atoms with Gasteiger partial charge in [0, 0.05) is 13.6 Å². The second-order valence-corrected chi connectivity index (χ2v) is 8.14. The maximum Gasteiger partial charge on any atom is 0.239 e. The highest BCUT2D eigenvalue weighted by atomic mass is 16.2. The van der Waals surface area contributed by atoms with Crippen molar-refractivity contribution in [2.75, 3.05) is 20.6 Å². The van der Waals surface area contributed by atoms with Crippen LogP contribution in [-0.2, 0) is 4.79 Å². The minimum Gasteiger partial charge on any atom is -0.344 e. The summed E-state index contributed by atoms with van der Waals surface area (Å²) in [5.74, 6) is 0.654. The average molecular weight is 389 g/mol. The van der Waals surface area contributed by atoms with E-state index in [0.29, 0.717) is 12.5 Å². The third-order valence-electron chi connectivity index (χ3n) is 5.49. The SMILES string of the molecule is CNC(CC(C)C)C(=O)N(C)CCC=C1c2ccccc2C=Cc2ccccc21. The fraction of sp³-hybridized carbons (Fsp3) is 0.346. The van der Waals surface area contributed by atoms with Gasteiger partial charge in [0.2, 0.25) is 5.91 Å².